The van der Waals surface area contributed by atoms with Gasteiger partial charge in [0.2, 0.25) is 5.91 Å². The molecule has 1 heterocycles. The van der Waals surface area contributed by atoms with Crippen LogP contribution in [0.4, 0.5) is 4.79 Å². The van der Waals surface area contributed by atoms with E-state index in [0.717, 1.165) is 12.8 Å². The number of allylic oxidation sites excluding steroid dienone is 2. The topological polar surface area (TPSA) is 46.6 Å². The average molecular weight is 221 g/mol. The standard InChI is InChI=1S/C12H15NO3/c1-12(7-8-2-3-9(12)6-8)10(14)13-4-5-16-11(13)15/h2-3,8-9H,4-7H2,1H3/t8-,9+,12-/m0/s1. The molecule has 86 valence electrons. The molecule has 0 aromatic heterocycles. The van der Waals surface area contributed by atoms with Gasteiger partial charge in [0.15, 0.2) is 0 Å². The van der Waals surface area contributed by atoms with Crippen molar-refractivity contribution < 1.29 is 14.3 Å². The molecule has 4 heteroatoms. The minimum atomic E-state index is -0.474. The number of amides is 2. The van der Waals surface area contributed by atoms with Crippen LogP contribution in [0.1, 0.15) is 19.8 Å². The molecule has 1 aliphatic heterocycles. The molecule has 2 fully saturated rings. The molecule has 3 atom stereocenters. The van der Waals surface area contributed by atoms with E-state index in [9.17, 15) is 9.59 Å². The van der Waals surface area contributed by atoms with Gasteiger partial charge in [0.05, 0.1) is 12.0 Å². The summed E-state index contributed by atoms with van der Waals surface area (Å²) in [6, 6.07) is 0. The van der Waals surface area contributed by atoms with Gasteiger partial charge in [0.1, 0.15) is 6.61 Å². The molecule has 0 radical (unpaired) electrons. The third kappa shape index (κ3) is 1.16. The van der Waals surface area contributed by atoms with E-state index < -0.39 is 6.09 Å². The highest BCUT2D eigenvalue weighted by Gasteiger charge is 2.53. The Bertz CT molecular complexity index is 390. The molecule has 0 N–H and O–H groups in total. The summed E-state index contributed by atoms with van der Waals surface area (Å²) >= 11 is 0. The van der Waals surface area contributed by atoms with Gasteiger partial charge in [-0.1, -0.05) is 19.1 Å². The molecule has 1 saturated carbocycles. The van der Waals surface area contributed by atoms with Crippen molar-refractivity contribution in [3.8, 4) is 0 Å². The van der Waals surface area contributed by atoms with Crippen LogP contribution in [0.3, 0.4) is 0 Å². The number of nitrogens with zero attached hydrogens (tertiary/aromatic N) is 1. The molecule has 0 unspecified atom stereocenters. The number of carbonyl (C=O) groups excluding carboxylic acids is 2. The molecule has 2 amide bonds. The van der Waals surface area contributed by atoms with E-state index in [1.54, 1.807) is 0 Å². The van der Waals surface area contributed by atoms with Gasteiger partial charge in [-0.15, -0.1) is 0 Å². The molecule has 16 heavy (non-hydrogen) atoms. The summed E-state index contributed by atoms with van der Waals surface area (Å²) in [4.78, 5) is 25.0. The Labute approximate surface area is 94.2 Å². The van der Waals surface area contributed by atoms with E-state index in [4.69, 9.17) is 4.74 Å². The maximum absolute atomic E-state index is 12.4. The summed E-state index contributed by atoms with van der Waals surface area (Å²) in [5.41, 5.74) is -0.386. The van der Waals surface area contributed by atoms with Gasteiger partial charge in [-0.25, -0.2) is 9.69 Å². The zero-order valence-corrected chi connectivity index (χ0v) is 9.31. The zero-order valence-electron chi connectivity index (χ0n) is 9.31. The first-order valence-electron chi connectivity index (χ1n) is 5.78. The van der Waals surface area contributed by atoms with Crippen molar-refractivity contribution in [2.24, 2.45) is 17.3 Å². The zero-order chi connectivity index (χ0) is 11.3. The summed E-state index contributed by atoms with van der Waals surface area (Å²) < 4.78 is 4.82. The molecule has 3 rings (SSSR count). The molecule has 2 bridgehead atoms. The summed E-state index contributed by atoms with van der Waals surface area (Å²) in [6.45, 7) is 2.73. The number of fused-ring (bicyclic) bond motifs is 2. The van der Waals surface area contributed by atoms with Crippen LogP contribution in [0.15, 0.2) is 12.2 Å². The third-order valence-electron chi connectivity index (χ3n) is 4.17. The number of hydrogen-bond acceptors (Lipinski definition) is 3. The Morgan fingerprint density at radius 1 is 1.56 bits per heavy atom. The molecule has 1 saturated heterocycles. The molecule has 0 spiro atoms. The SMILES string of the molecule is C[C@]1(C(=O)N2CCOC2=O)C[C@H]2C=C[C@@H]1C2. The van der Waals surface area contributed by atoms with Crippen LogP contribution in [-0.2, 0) is 9.53 Å². The second-order valence-corrected chi connectivity index (χ2v) is 5.18. The number of ether oxygens (including phenoxy) is 1. The largest absolute Gasteiger partial charge is 0.447 e. The van der Waals surface area contributed by atoms with Crippen molar-refractivity contribution >= 4 is 12.0 Å². The molecule has 3 aliphatic rings. The van der Waals surface area contributed by atoms with E-state index in [-0.39, 0.29) is 11.3 Å². The molecule has 0 aromatic rings. The van der Waals surface area contributed by atoms with E-state index in [0.29, 0.717) is 25.0 Å². The number of rotatable bonds is 1. The highest BCUT2D eigenvalue weighted by molar-refractivity contribution is 5.96. The molecule has 0 aromatic carbocycles. The first-order chi connectivity index (χ1) is 7.61. The lowest BCUT2D eigenvalue weighted by atomic mass is 9.76. The Balaban J connectivity index is 1.85. The van der Waals surface area contributed by atoms with E-state index >= 15 is 0 Å². The minimum Gasteiger partial charge on any atom is -0.447 e. The lowest BCUT2D eigenvalue weighted by molar-refractivity contribution is -0.138. The smallest absolute Gasteiger partial charge is 0.416 e. The van der Waals surface area contributed by atoms with Gasteiger partial charge < -0.3 is 4.74 Å². The Kier molecular flexibility index (Phi) is 1.91. The molecule has 4 nitrogen and oxygen atoms in total. The number of imide groups is 1. The number of cyclic esters (lactones) is 1. The number of carbonyl (C=O) groups is 2. The summed E-state index contributed by atoms with van der Waals surface area (Å²) in [7, 11) is 0. The van der Waals surface area contributed by atoms with Crippen LogP contribution in [0.25, 0.3) is 0 Å². The van der Waals surface area contributed by atoms with Gasteiger partial charge >= 0.3 is 6.09 Å². The van der Waals surface area contributed by atoms with Crippen molar-refractivity contribution in [1.29, 1.82) is 0 Å². The van der Waals surface area contributed by atoms with Crippen molar-refractivity contribution in [3.05, 3.63) is 12.2 Å². The minimum absolute atomic E-state index is 0.0492. The Hall–Kier alpha value is -1.32. The van der Waals surface area contributed by atoms with E-state index in [1.165, 1.54) is 4.90 Å². The summed E-state index contributed by atoms with van der Waals surface area (Å²) in [5, 5.41) is 0. The van der Waals surface area contributed by atoms with Crippen LogP contribution in [0, 0.1) is 17.3 Å². The molecular formula is C12H15NO3. The normalized spacial score (nSPS) is 40.6. The highest BCUT2D eigenvalue weighted by atomic mass is 16.6. The van der Waals surface area contributed by atoms with Crippen LogP contribution >= 0.6 is 0 Å². The molecule has 2 aliphatic carbocycles. The Morgan fingerprint density at radius 2 is 2.38 bits per heavy atom. The van der Waals surface area contributed by atoms with E-state index in [1.807, 2.05) is 6.92 Å². The number of hydrogen-bond donors (Lipinski definition) is 0. The van der Waals surface area contributed by atoms with Gasteiger partial charge in [0.25, 0.3) is 0 Å². The van der Waals surface area contributed by atoms with Gasteiger partial charge in [0, 0.05) is 0 Å². The fourth-order valence-corrected chi connectivity index (χ4v) is 3.23. The highest BCUT2D eigenvalue weighted by Crippen LogP contribution is 2.52. The second-order valence-electron chi connectivity index (χ2n) is 5.18. The van der Waals surface area contributed by atoms with Crippen LogP contribution < -0.4 is 0 Å². The lowest BCUT2D eigenvalue weighted by Gasteiger charge is -2.32. The van der Waals surface area contributed by atoms with Gasteiger partial charge in [-0.3, -0.25) is 4.79 Å². The van der Waals surface area contributed by atoms with E-state index in [2.05, 4.69) is 12.2 Å². The third-order valence-corrected chi connectivity index (χ3v) is 4.17. The second kappa shape index (κ2) is 3.09. The average Bonchev–Trinajstić information content (AvgIpc) is 2.91. The first-order valence-corrected chi connectivity index (χ1v) is 5.78. The van der Waals surface area contributed by atoms with Crippen molar-refractivity contribution in [1.82, 2.24) is 4.90 Å². The fraction of sp³-hybridized carbons (Fsp3) is 0.667. The molecular weight excluding hydrogens is 206 g/mol. The van der Waals surface area contributed by atoms with Gasteiger partial charge in [-0.2, -0.15) is 0 Å². The first kappa shape index (κ1) is 9.87. The maximum atomic E-state index is 12.4. The van der Waals surface area contributed by atoms with Crippen LogP contribution in [0.2, 0.25) is 0 Å². The fourth-order valence-electron chi connectivity index (χ4n) is 3.23. The van der Waals surface area contributed by atoms with Crippen molar-refractivity contribution in [2.45, 2.75) is 19.8 Å². The predicted octanol–water partition coefficient (Wildman–Crippen LogP) is 1.57. The Morgan fingerprint density at radius 3 is 2.88 bits per heavy atom. The van der Waals surface area contributed by atoms with Crippen molar-refractivity contribution in [3.63, 3.8) is 0 Å². The van der Waals surface area contributed by atoms with Crippen molar-refractivity contribution in [2.75, 3.05) is 13.2 Å². The quantitative estimate of drug-likeness (QED) is 0.631. The summed E-state index contributed by atoms with van der Waals surface area (Å²) in [6.07, 6.45) is 5.79. The maximum Gasteiger partial charge on any atom is 0.416 e. The van der Waals surface area contributed by atoms with Gasteiger partial charge in [-0.05, 0) is 24.7 Å². The lowest BCUT2D eigenvalue weighted by Crippen LogP contribution is -2.45. The summed E-state index contributed by atoms with van der Waals surface area (Å²) in [5.74, 6) is 0.780. The monoisotopic (exact) mass is 221 g/mol. The predicted molar refractivity (Wildman–Crippen MR) is 56.5 cm³/mol. The van der Waals surface area contributed by atoms with Crippen LogP contribution in [-0.4, -0.2) is 30.1 Å². The van der Waals surface area contributed by atoms with Crippen LogP contribution in [0.5, 0.6) is 0 Å².